The summed E-state index contributed by atoms with van der Waals surface area (Å²) in [5.41, 5.74) is 9.53. The molecule has 1 heterocycles. The van der Waals surface area contributed by atoms with Crippen LogP contribution in [0.25, 0.3) is 22.0 Å². The standard InChI is InChI=1S/C17H14ClN3O2/c1-9-10(6-7-12(14(9)18)17(22)23-2)11-4-3-5-13-15(11)20-8-21-16(13)19/h3-8H,1-2H3,(H2,19,20,21). The molecule has 0 aliphatic heterocycles. The maximum Gasteiger partial charge on any atom is 0.339 e. The number of anilines is 1. The lowest BCUT2D eigenvalue weighted by molar-refractivity contribution is 0.0601. The quantitative estimate of drug-likeness (QED) is 0.727. The first-order chi connectivity index (χ1) is 11.0. The Hall–Kier alpha value is -2.66. The van der Waals surface area contributed by atoms with E-state index in [4.69, 9.17) is 22.1 Å². The van der Waals surface area contributed by atoms with Crippen LogP contribution in [0.3, 0.4) is 0 Å². The minimum absolute atomic E-state index is 0.338. The van der Waals surface area contributed by atoms with Gasteiger partial charge in [0.05, 0.1) is 23.2 Å². The first kappa shape index (κ1) is 15.2. The number of nitrogens with zero attached hydrogens (tertiary/aromatic N) is 2. The van der Waals surface area contributed by atoms with E-state index in [0.29, 0.717) is 16.4 Å². The molecule has 0 aliphatic rings. The Bertz CT molecular complexity index is 925. The molecular formula is C17H14ClN3O2. The van der Waals surface area contributed by atoms with Crippen molar-refractivity contribution in [3.63, 3.8) is 0 Å². The number of rotatable bonds is 2. The highest BCUT2D eigenvalue weighted by molar-refractivity contribution is 6.34. The Labute approximate surface area is 138 Å². The van der Waals surface area contributed by atoms with Crippen molar-refractivity contribution in [2.45, 2.75) is 6.92 Å². The van der Waals surface area contributed by atoms with E-state index in [9.17, 15) is 4.79 Å². The minimum atomic E-state index is -0.464. The Morgan fingerprint density at radius 1 is 1.17 bits per heavy atom. The second-order valence-electron chi connectivity index (χ2n) is 5.05. The molecule has 3 rings (SSSR count). The van der Waals surface area contributed by atoms with Crippen LogP contribution in [0.4, 0.5) is 5.82 Å². The molecule has 0 aliphatic carbocycles. The van der Waals surface area contributed by atoms with Crippen LogP contribution in [-0.4, -0.2) is 23.0 Å². The highest BCUT2D eigenvalue weighted by Crippen LogP contribution is 2.35. The van der Waals surface area contributed by atoms with E-state index in [-0.39, 0.29) is 0 Å². The number of nitrogen functional groups attached to an aromatic ring is 1. The minimum Gasteiger partial charge on any atom is -0.465 e. The van der Waals surface area contributed by atoms with Crippen LogP contribution in [0.15, 0.2) is 36.7 Å². The highest BCUT2D eigenvalue weighted by Gasteiger charge is 2.17. The molecule has 0 saturated heterocycles. The largest absolute Gasteiger partial charge is 0.465 e. The molecule has 0 bridgehead atoms. The highest BCUT2D eigenvalue weighted by atomic mass is 35.5. The van der Waals surface area contributed by atoms with Gasteiger partial charge in [0, 0.05) is 10.9 Å². The summed E-state index contributed by atoms with van der Waals surface area (Å²) < 4.78 is 4.74. The number of carbonyl (C=O) groups is 1. The Morgan fingerprint density at radius 3 is 2.70 bits per heavy atom. The smallest absolute Gasteiger partial charge is 0.339 e. The maximum absolute atomic E-state index is 11.7. The van der Waals surface area contributed by atoms with E-state index in [1.165, 1.54) is 13.4 Å². The molecule has 2 N–H and O–H groups in total. The van der Waals surface area contributed by atoms with Gasteiger partial charge in [0.25, 0.3) is 0 Å². The van der Waals surface area contributed by atoms with Gasteiger partial charge in [0.2, 0.25) is 0 Å². The Balaban J connectivity index is 2.26. The Kier molecular flexibility index (Phi) is 3.88. The molecule has 0 saturated carbocycles. The van der Waals surface area contributed by atoms with Crippen molar-refractivity contribution in [1.82, 2.24) is 9.97 Å². The van der Waals surface area contributed by atoms with E-state index in [1.54, 1.807) is 6.07 Å². The molecule has 2 aromatic carbocycles. The van der Waals surface area contributed by atoms with Crippen molar-refractivity contribution >= 4 is 34.3 Å². The zero-order valence-electron chi connectivity index (χ0n) is 12.6. The lowest BCUT2D eigenvalue weighted by Gasteiger charge is -2.13. The van der Waals surface area contributed by atoms with Crippen LogP contribution in [0.1, 0.15) is 15.9 Å². The van der Waals surface area contributed by atoms with Crippen molar-refractivity contribution in [2.24, 2.45) is 0 Å². The Morgan fingerprint density at radius 2 is 1.96 bits per heavy atom. The normalized spacial score (nSPS) is 10.7. The third-order valence-corrected chi connectivity index (χ3v) is 4.26. The lowest BCUT2D eigenvalue weighted by Crippen LogP contribution is -2.03. The molecule has 0 amide bonds. The zero-order valence-corrected chi connectivity index (χ0v) is 13.4. The third kappa shape index (κ3) is 2.49. The van der Waals surface area contributed by atoms with Gasteiger partial charge in [-0.05, 0) is 30.2 Å². The summed E-state index contributed by atoms with van der Waals surface area (Å²) in [7, 11) is 1.33. The summed E-state index contributed by atoms with van der Waals surface area (Å²) in [6, 6.07) is 9.18. The number of halogens is 1. The molecule has 0 radical (unpaired) electrons. The van der Waals surface area contributed by atoms with Gasteiger partial charge in [-0.2, -0.15) is 0 Å². The molecule has 23 heavy (non-hydrogen) atoms. The summed E-state index contributed by atoms with van der Waals surface area (Å²) >= 11 is 6.35. The van der Waals surface area contributed by atoms with Gasteiger partial charge in [-0.25, -0.2) is 14.8 Å². The fourth-order valence-electron chi connectivity index (χ4n) is 2.57. The number of hydrogen-bond acceptors (Lipinski definition) is 5. The number of aromatic nitrogens is 2. The molecule has 0 spiro atoms. The monoisotopic (exact) mass is 327 g/mol. The van der Waals surface area contributed by atoms with Crippen molar-refractivity contribution < 1.29 is 9.53 Å². The van der Waals surface area contributed by atoms with E-state index in [0.717, 1.165) is 27.6 Å². The van der Waals surface area contributed by atoms with E-state index in [2.05, 4.69) is 9.97 Å². The van der Waals surface area contributed by atoms with Crippen LogP contribution in [-0.2, 0) is 4.74 Å². The van der Waals surface area contributed by atoms with Crippen LogP contribution >= 0.6 is 11.6 Å². The fourth-order valence-corrected chi connectivity index (χ4v) is 2.81. The molecule has 3 aromatic rings. The number of esters is 1. The predicted octanol–water partition coefficient (Wildman–Crippen LogP) is 3.63. The number of fused-ring (bicyclic) bond motifs is 1. The average molecular weight is 328 g/mol. The van der Waals surface area contributed by atoms with Gasteiger partial charge >= 0.3 is 5.97 Å². The van der Waals surface area contributed by atoms with Crippen LogP contribution in [0.5, 0.6) is 0 Å². The van der Waals surface area contributed by atoms with Crippen LogP contribution in [0.2, 0.25) is 5.02 Å². The molecule has 0 atom stereocenters. The van der Waals surface area contributed by atoms with Crippen molar-refractivity contribution in [3.8, 4) is 11.1 Å². The number of ether oxygens (including phenoxy) is 1. The second kappa shape index (κ2) is 5.85. The van der Waals surface area contributed by atoms with Gasteiger partial charge < -0.3 is 10.5 Å². The predicted molar refractivity (Wildman–Crippen MR) is 90.5 cm³/mol. The van der Waals surface area contributed by atoms with Crippen LogP contribution < -0.4 is 5.73 Å². The van der Waals surface area contributed by atoms with E-state index >= 15 is 0 Å². The number of methoxy groups -OCH3 is 1. The lowest BCUT2D eigenvalue weighted by atomic mass is 9.96. The SMILES string of the molecule is COC(=O)c1ccc(-c2cccc3c(N)ncnc23)c(C)c1Cl. The summed E-state index contributed by atoms with van der Waals surface area (Å²) in [4.78, 5) is 20.1. The molecule has 0 fully saturated rings. The first-order valence-electron chi connectivity index (χ1n) is 6.91. The van der Waals surface area contributed by atoms with E-state index < -0.39 is 5.97 Å². The van der Waals surface area contributed by atoms with Gasteiger partial charge in [-0.15, -0.1) is 0 Å². The first-order valence-corrected chi connectivity index (χ1v) is 7.29. The molecule has 1 aromatic heterocycles. The molecule has 116 valence electrons. The zero-order chi connectivity index (χ0) is 16.6. The summed E-state index contributed by atoms with van der Waals surface area (Å²) in [6.45, 7) is 1.85. The van der Waals surface area contributed by atoms with Crippen LogP contribution in [0, 0.1) is 6.92 Å². The fraction of sp³-hybridized carbons (Fsp3) is 0.118. The molecule has 5 nitrogen and oxygen atoms in total. The summed E-state index contributed by atoms with van der Waals surface area (Å²) in [6.07, 6.45) is 1.43. The van der Waals surface area contributed by atoms with Gasteiger partial charge in [0.1, 0.15) is 12.1 Å². The number of nitrogens with two attached hydrogens (primary N) is 1. The molecular weight excluding hydrogens is 314 g/mol. The second-order valence-corrected chi connectivity index (χ2v) is 5.43. The average Bonchev–Trinajstić information content (AvgIpc) is 2.57. The molecule has 0 unspecified atom stereocenters. The van der Waals surface area contributed by atoms with Gasteiger partial charge in [0.15, 0.2) is 0 Å². The number of para-hydroxylation sites is 1. The number of hydrogen-bond donors (Lipinski definition) is 1. The summed E-state index contributed by atoms with van der Waals surface area (Å²) in [5, 5.41) is 1.14. The van der Waals surface area contributed by atoms with Crippen molar-refractivity contribution in [1.29, 1.82) is 0 Å². The topological polar surface area (TPSA) is 78.1 Å². The van der Waals surface area contributed by atoms with Crippen molar-refractivity contribution in [2.75, 3.05) is 12.8 Å². The number of carbonyl (C=O) groups excluding carboxylic acids is 1. The summed E-state index contributed by atoms with van der Waals surface area (Å²) in [5.74, 6) is -0.0408. The molecule has 6 heteroatoms. The van der Waals surface area contributed by atoms with Gasteiger partial charge in [-0.3, -0.25) is 0 Å². The van der Waals surface area contributed by atoms with Gasteiger partial charge in [-0.1, -0.05) is 29.8 Å². The van der Waals surface area contributed by atoms with E-state index in [1.807, 2.05) is 31.2 Å². The van der Waals surface area contributed by atoms with Crippen molar-refractivity contribution in [3.05, 3.63) is 52.8 Å². The third-order valence-electron chi connectivity index (χ3n) is 3.78. The maximum atomic E-state index is 11.7. The number of benzene rings is 2.